The van der Waals surface area contributed by atoms with Crippen molar-refractivity contribution in [2.45, 2.75) is 24.7 Å². The van der Waals surface area contributed by atoms with Gasteiger partial charge in [0.05, 0.1) is 17.3 Å². The number of benzene rings is 1. The van der Waals surface area contributed by atoms with Crippen molar-refractivity contribution in [2.75, 3.05) is 27.4 Å². The molecule has 132 valence electrons. The lowest BCUT2D eigenvalue weighted by atomic mass is 9.90. The Morgan fingerprint density at radius 3 is 2.79 bits per heavy atom. The molecule has 24 heavy (non-hydrogen) atoms. The van der Waals surface area contributed by atoms with Crippen LogP contribution in [0.2, 0.25) is 0 Å². The van der Waals surface area contributed by atoms with Crippen LogP contribution in [0.1, 0.15) is 6.42 Å². The van der Waals surface area contributed by atoms with Crippen molar-refractivity contribution in [1.29, 1.82) is 0 Å². The molecule has 0 amide bonds. The van der Waals surface area contributed by atoms with Gasteiger partial charge in [-0.2, -0.15) is 0 Å². The van der Waals surface area contributed by atoms with Gasteiger partial charge in [0.25, 0.3) is 0 Å². The summed E-state index contributed by atoms with van der Waals surface area (Å²) in [6.45, 7) is 1.09. The number of methoxy groups -OCH3 is 2. The fraction of sp³-hybridized carbons (Fsp3) is 0.471. The van der Waals surface area contributed by atoms with E-state index in [2.05, 4.69) is 27.9 Å². The Kier molecular flexibility index (Phi) is 7.47. The molecule has 0 aromatic heterocycles. The summed E-state index contributed by atoms with van der Waals surface area (Å²) in [5, 5.41) is 13.8. The van der Waals surface area contributed by atoms with E-state index in [1.54, 1.807) is 13.2 Å². The highest BCUT2D eigenvalue weighted by atomic mass is 127. The third-order valence-electron chi connectivity index (χ3n) is 3.81. The summed E-state index contributed by atoms with van der Waals surface area (Å²) in [7, 11) is 2.96. The summed E-state index contributed by atoms with van der Waals surface area (Å²) in [6, 6.07) is 7.22. The van der Waals surface area contributed by atoms with Crippen LogP contribution in [0.3, 0.4) is 0 Å². The first-order valence-corrected chi connectivity index (χ1v) is 8.75. The molecule has 0 heterocycles. The van der Waals surface area contributed by atoms with Gasteiger partial charge in [-0.3, -0.25) is 0 Å². The zero-order chi connectivity index (χ0) is 17.5. The zero-order valence-corrected chi connectivity index (χ0v) is 15.9. The van der Waals surface area contributed by atoms with E-state index in [0.29, 0.717) is 30.9 Å². The SMILES string of the molecule is COCCN[C@@H]1CC(C(=O)OC)=C[C@H](Oc2ccccc2I)[C@H]1O. The number of aliphatic hydroxyl groups is 1. The van der Waals surface area contributed by atoms with Crippen molar-refractivity contribution >= 4 is 28.6 Å². The molecule has 0 saturated heterocycles. The smallest absolute Gasteiger partial charge is 0.333 e. The van der Waals surface area contributed by atoms with Crippen molar-refractivity contribution in [3.8, 4) is 5.75 Å². The number of nitrogens with one attached hydrogen (secondary N) is 1. The Hall–Kier alpha value is -1.16. The van der Waals surface area contributed by atoms with E-state index in [0.717, 1.165) is 3.57 Å². The standard InChI is InChI=1S/C17H22INO5/c1-22-8-7-19-13-9-11(17(21)23-2)10-15(16(13)20)24-14-6-4-3-5-12(14)18/h3-6,10,13,15-16,19-20H,7-9H2,1-2H3/t13-,15+,16+/m1/s1. The van der Waals surface area contributed by atoms with E-state index < -0.39 is 18.2 Å². The number of ether oxygens (including phenoxy) is 3. The first-order chi connectivity index (χ1) is 11.6. The molecule has 6 nitrogen and oxygen atoms in total. The number of carbonyl (C=O) groups is 1. The van der Waals surface area contributed by atoms with Gasteiger partial charge in [-0.1, -0.05) is 12.1 Å². The lowest BCUT2D eigenvalue weighted by Crippen LogP contribution is -2.51. The number of hydrogen-bond donors (Lipinski definition) is 2. The Morgan fingerprint density at radius 2 is 2.12 bits per heavy atom. The van der Waals surface area contributed by atoms with Crippen LogP contribution < -0.4 is 10.1 Å². The lowest BCUT2D eigenvalue weighted by molar-refractivity contribution is -0.136. The maximum Gasteiger partial charge on any atom is 0.333 e. The first-order valence-electron chi connectivity index (χ1n) is 7.67. The van der Waals surface area contributed by atoms with Gasteiger partial charge in [-0.15, -0.1) is 0 Å². The molecule has 0 fully saturated rings. The fourth-order valence-corrected chi connectivity index (χ4v) is 3.08. The highest BCUT2D eigenvalue weighted by molar-refractivity contribution is 14.1. The van der Waals surface area contributed by atoms with Gasteiger partial charge < -0.3 is 24.6 Å². The van der Waals surface area contributed by atoms with Gasteiger partial charge in [0.2, 0.25) is 0 Å². The highest BCUT2D eigenvalue weighted by Gasteiger charge is 2.35. The van der Waals surface area contributed by atoms with E-state index in [9.17, 15) is 9.90 Å². The minimum atomic E-state index is -0.786. The van der Waals surface area contributed by atoms with Crippen LogP contribution in [0.4, 0.5) is 0 Å². The molecule has 0 saturated carbocycles. The summed E-state index contributed by atoms with van der Waals surface area (Å²) < 4.78 is 16.7. The molecule has 1 aromatic carbocycles. The number of carbonyl (C=O) groups excluding carboxylic acids is 1. The summed E-state index contributed by atoms with van der Waals surface area (Å²) in [5.74, 6) is 0.261. The largest absolute Gasteiger partial charge is 0.482 e. The van der Waals surface area contributed by atoms with Crippen molar-refractivity contribution in [3.05, 3.63) is 39.5 Å². The summed E-state index contributed by atoms with van der Waals surface area (Å²) in [5.41, 5.74) is 0.494. The van der Waals surface area contributed by atoms with Gasteiger partial charge in [0.15, 0.2) is 0 Å². The predicted octanol–water partition coefficient (Wildman–Crippen LogP) is 1.51. The van der Waals surface area contributed by atoms with Gasteiger partial charge in [0.1, 0.15) is 18.0 Å². The molecule has 2 rings (SSSR count). The first kappa shape index (κ1) is 19.2. The normalized spacial score (nSPS) is 23.5. The quantitative estimate of drug-likeness (QED) is 0.375. The van der Waals surface area contributed by atoms with Crippen molar-refractivity contribution in [3.63, 3.8) is 0 Å². The number of esters is 1. The third-order valence-corrected chi connectivity index (χ3v) is 4.71. The van der Waals surface area contributed by atoms with E-state index in [1.807, 2.05) is 24.3 Å². The Morgan fingerprint density at radius 1 is 1.38 bits per heavy atom. The van der Waals surface area contributed by atoms with Crippen LogP contribution in [-0.2, 0) is 14.3 Å². The summed E-state index contributed by atoms with van der Waals surface area (Å²) >= 11 is 2.17. The van der Waals surface area contributed by atoms with Crippen LogP contribution in [0.15, 0.2) is 35.9 Å². The molecule has 0 radical (unpaired) electrons. The average molecular weight is 447 g/mol. The van der Waals surface area contributed by atoms with Gasteiger partial charge in [-0.25, -0.2) is 4.79 Å². The Balaban J connectivity index is 2.18. The molecule has 0 bridgehead atoms. The summed E-state index contributed by atoms with van der Waals surface area (Å²) in [6.07, 6.45) is 0.604. The van der Waals surface area contributed by atoms with Crippen LogP contribution in [0.5, 0.6) is 5.75 Å². The predicted molar refractivity (Wildman–Crippen MR) is 98.0 cm³/mol. The molecular weight excluding hydrogens is 425 g/mol. The van der Waals surface area contributed by atoms with Crippen LogP contribution in [0.25, 0.3) is 0 Å². The minimum absolute atomic E-state index is 0.314. The molecule has 1 aliphatic carbocycles. The van der Waals surface area contributed by atoms with Crippen LogP contribution in [-0.4, -0.2) is 56.7 Å². The minimum Gasteiger partial charge on any atom is -0.482 e. The van der Waals surface area contributed by atoms with Crippen molar-refractivity contribution in [2.24, 2.45) is 0 Å². The molecule has 3 atom stereocenters. The lowest BCUT2D eigenvalue weighted by Gasteiger charge is -2.34. The third kappa shape index (κ3) is 4.92. The molecule has 0 spiro atoms. The number of para-hydroxylation sites is 1. The highest BCUT2D eigenvalue weighted by Crippen LogP contribution is 2.27. The second kappa shape index (κ2) is 9.36. The fourth-order valence-electron chi connectivity index (χ4n) is 2.56. The monoisotopic (exact) mass is 447 g/mol. The van der Waals surface area contributed by atoms with Crippen LogP contribution in [0, 0.1) is 3.57 Å². The molecule has 1 aromatic rings. The number of halogens is 1. The number of aliphatic hydroxyl groups excluding tert-OH is 1. The summed E-state index contributed by atoms with van der Waals surface area (Å²) in [4.78, 5) is 11.9. The second-order valence-electron chi connectivity index (χ2n) is 5.44. The average Bonchev–Trinajstić information content (AvgIpc) is 2.59. The van der Waals surface area contributed by atoms with E-state index >= 15 is 0 Å². The van der Waals surface area contributed by atoms with E-state index in [-0.39, 0.29) is 6.04 Å². The molecule has 2 N–H and O–H groups in total. The topological polar surface area (TPSA) is 77.0 Å². The zero-order valence-electron chi connectivity index (χ0n) is 13.7. The Labute approximate surface area is 155 Å². The molecule has 1 aliphatic rings. The van der Waals surface area contributed by atoms with Crippen molar-refractivity contribution < 1.29 is 24.1 Å². The van der Waals surface area contributed by atoms with E-state index in [4.69, 9.17) is 14.2 Å². The van der Waals surface area contributed by atoms with E-state index in [1.165, 1.54) is 7.11 Å². The maximum absolute atomic E-state index is 11.9. The van der Waals surface area contributed by atoms with Crippen molar-refractivity contribution in [1.82, 2.24) is 5.32 Å². The van der Waals surface area contributed by atoms with Gasteiger partial charge in [-0.05, 0) is 47.2 Å². The van der Waals surface area contributed by atoms with Crippen LogP contribution >= 0.6 is 22.6 Å². The second-order valence-corrected chi connectivity index (χ2v) is 6.61. The van der Waals surface area contributed by atoms with Gasteiger partial charge in [0, 0.05) is 25.3 Å². The molecule has 0 unspecified atom stereocenters. The molecular formula is C17H22INO5. The van der Waals surface area contributed by atoms with Gasteiger partial charge >= 0.3 is 5.97 Å². The Bertz CT molecular complexity index is 592. The number of hydrogen-bond acceptors (Lipinski definition) is 6. The number of rotatable bonds is 7. The molecule has 7 heteroatoms. The maximum atomic E-state index is 11.9. The molecule has 0 aliphatic heterocycles.